The van der Waals surface area contributed by atoms with Gasteiger partial charge in [-0.25, -0.2) is 0 Å². The molecule has 1 aromatic rings. The van der Waals surface area contributed by atoms with Crippen LogP contribution < -0.4 is 25.0 Å². The molecule has 0 heterocycles. The maximum Gasteiger partial charge on any atom is 0.387 e. The van der Waals surface area contributed by atoms with Gasteiger partial charge in [-0.2, -0.15) is 13.9 Å². The lowest BCUT2D eigenvalue weighted by molar-refractivity contribution is -0.0526. The first kappa shape index (κ1) is 20.8. The molecule has 0 bridgehead atoms. The minimum Gasteiger partial charge on any atom is -0.493 e. The molecule has 140 valence electrons. The van der Waals surface area contributed by atoms with E-state index in [4.69, 9.17) is 26.4 Å². The van der Waals surface area contributed by atoms with E-state index in [1.54, 1.807) is 7.11 Å². The summed E-state index contributed by atoms with van der Waals surface area (Å²) in [6.07, 6.45) is 1.44. The van der Waals surface area contributed by atoms with E-state index in [9.17, 15) is 8.78 Å². The second kappa shape index (κ2) is 10.6. The normalized spacial score (nSPS) is 12.1. The summed E-state index contributed by atoms with van der Waals surface area (Å²) < 4.78 is 44.6. The maximum atomic E-state index is 12.5. The second-order valence-corrected chi connectivity index (χ2v) is 5.24. The smallest absolute Gasteiger partial charge is 0.387 e. The fourth-order valence-electron chi connectivity index (χ4n) is 1.89. The van der Waals surface area contributed by atoms with Gasteiger partial charge in [0, 0.05) is 18.7 Å². The van der Waals surface area contributed by atoms with Crippen molar-refractivity contribution in [1.82, 2.24) is 10.7 Å². The first-order valence-corrected chi connectivity index (χ1v) is 7.61. The van der Waals surface area contributed by atoms with Gasteiger partial charge in [0.1, 0.15) is 0 Å². The Balaban J connectivity index is 2.83. The van der Waals surface area contributed by atoms with E-state index >= 15 is 0 Å². The van der Waals surface area contributed by atoms with E-state index in [0.717, 1.165) is 0 Å². The molecule has 0 aliphatic carbocycles. The molecule has 0 fully saturated rings. The molecular weight excluding hydrogens is 356 g/mol. The summed E-state index contributed by atoms with van der Waals surface area (Å²) in [5, 5.41) is 7.27. The Labute approximate surface area is 150 Å². The van der Waals surface area contributed by atoms with Crippen molar-refractivity contribution in [2.24, 2.45) is 5.10 Å². The molecule has 2 N–H and O–H groups in total. The molecular formula is C15H21F2N3O4S. The van der Waals surface area contributed by atoms with Crippen molar-refractivity contribution >= 4 is 23.5 Å². The topological polar surface area (TPSA) is 73.3 Å². The Morgan fingerprint density at radius 3 is 2.32 bits per heavy atom. The third-order valence-electron chi connectivity index (χ3n) is 2.86. The van der Waals surface area contributed by atoms with Crippen LogP contribution in [-0.2, 0) is 4.74 Å². The zero-order valence-corrected chi connectivity index (χ0v) is 15.2. The van der Waals surface area contributed by atoms with Gasteiger partial charge in [0.2, 0.25) is 5.75 Å². The number of nitrogens with zero attached hydrogens (tertiary/aromatic N) is 1. The number of nitrogens with one attached hydrogen (secondary N) is 2. The average molecular weight is 377 g/mol. The standard InChI is InChI=1S/C15H21F2N3O4S/c1-9(8-21-2)19-15(25)20-18-7-10-5-11(22-3)13(24-14(16)17)12(6-10)23-4/h5-7,9,14H,8H2,1-4H3,(H2,19,20,25)/b18-7-/t9-/m0/s1. The van der Waals surface area contributed by atoms with Crippen molar-refractivity contribution in [3.05, 3.63) is 17.7 Å². The van der Waals surface area contributed by atoms with Crippen LogP contribution in [-0.4, -0.2) is 51.9 Å². The number of benzene rings is 1. The summed E-state index contributed by atoms with van der Waals surface area (Å²) in [5.74, 6) is 0.00160. The first-order valence-electron chi connectivity index (χ1n) is 7.20. The van der Waals surface area contributed by atoms with Crippen molar-refractivity contribution in [3.63, 3.8) is 0 Å². The Hall–Kier alpha value is -2.20. The largest absolute Gasteiger partial charge is 0.493 e. The second-order valence-electron chi connectivity index (χ2n) is 4.83. The van der Waals surface area contributed by atoms with E-state index in [1.807, 2.05) is 6.92 Å². The number of halogens is 2. The van der Waals surface area contributed by atoms with Gasteiger partial charge < -0.3 is 24.3 Å². The quantitative estimate of drug-likeness (QED) is 0.388. The zero-order chi connectivity index (χ0) is 18.8. The number of alkyl halides is 2. The van der Waals surface area contributed by atoms with Crippen LogP contribution in [0.15, 0.2) is 17.2 Å². The van der Waals surface area contributed by atoms with Crippen molar-refractivity contribution < 1.29 is 27.7 Å². The maximum absolute atomic E-state index is 12.5. The molecule has 0 radical (unpaired) electrons. The minimum absolute atomic E-state index is 0.0196. The van der Waals surface area contributed by atoms with Gasteiger partial charge in [-0.3, -0.25) is 5.43 Å². The fraction of sp³-hybridized carbons (Fsp3) is 0.467. The number of thiocarbonyl (C=S) groups is 1. The summed E-state index contributed by atoms with van der Waals surface area (Å²) in [6.45, 7) is -0.606. The van der Waals surface area contributed by atoms with E-state index < -0.39 is 6.61 Å². The van der Waals surface area contributed by atoms with Gasteiger partial charge in [-0.1, -0.05) is 0 Å². The van der Waals surface area contributed by atoms with Crippen LogP contribution in [0.2, 0.25) is 0 Å². The molecule has 0 spiro atoms. The van der Waals surface area contributed by atoms with Crippen LogP contribution in [0.4, 0.5) is 8.78 Å². The third kappa shape index (κ3) is 7.06. The Morgan fingerprint density at radius 1 is 1.24 bits per heavy atom. The van der Waals surface area contributed by atoms with Crippen molar-refractivity contribution in [1.29, 1.82) is 0 Å². The van der Waals surface area contributed by atoms with Gasteiger partial charge in [-0.05, 0) is 31.3 Å². The number of ether oxygens (including phenoxy) is 4. The number of hydrogen-bond acceptors (Lipinski definition) is 6. The summed E-state index contributed by atoms with van der Waals surface area (Å²) in [7, 11) is 4.26. The molecule has 1 atom stereocenters. The molecule has 10 heteroatoms. The highest BCUT2D eigenvalue weighted by molar-refractivity contribution is 7.80. The number of hydrazone groups is 1. The Morgan fingerprint density at radius 2 is 1.84 bits per heavy atom. The molecule has 0 amide bonds. The van der Waals surface area contributed by atoms with Crippen LogP contribution in [0.3, 0.4) is 0 Å². The zero-order valence-electron chi connectivity index (χ0n) is 14.3. The van der Waals surface area contributed by atoms with Gasteiger partial charge in [0.25, 0.3) is 0 Å². The van der Waals surface area contributed by atoms with Crippen LogP contribution in [0.5, 0.6) is 17.2 Å². The van der Waals surface area contributed by atoms with E-state index in [1.165, 1.54) is 32.6 Å². The van der Waals surface area contributed by atoms with Crippen molar-refractivity contribution in [3.8, 4) is 17.2 Å². The molecule has 0 unspecified atom stereocenters. The average Bonchev–Trinajstić information content (AvgIpc) is 2.55. The van der Waals surface area contributed by atoms with Gasteiger partial charge in [0.05, 0.1) is 27.0 Å². The van der Waals surface area contributed by atoms with Gasteiger partial charge >= 0.3 is 6.61 Å². The Kier molecular flexibility index (Phi) is 8.86. The van der Waals surface area contributed by atoms with Crippen molar-refractivity contribution in [2.75, 3.05) is 27.9 Å². The monoisotopic (exact) mass is 377 g/mol. The molecule has 7 nitrogen and oxygen atoms in total. The van der Waals surface area contributed by atoms with E-state index in [-0.39, 0.29) is 23.3 Å². The molecule has 1 rings (SSSR count). The summed E-state index contributed by atoms with van der Waals surface area (Å²) in [5.41, 5.74) is 3.18. The molecule has 1 aromatic carbocycles. The van der Waals surface area contributed by atoms with Crippen LogP contribution in [0.1, 0.15) is 12.5 Å². The number of rotatable bonds is 9. The first-order chi connectivity index (χ1) is 11.9. The highest BCUT2D eigenvalue weighted by atomic mass is 32.1. The number of hydrogen-bond donors (Lipinski definition) is 2. The van der Waals surface area contributed by atoms with Gasteiger partial charge in [-0.15, -0.1) is 0 Å². The van der Waals surface area contributed by atoms with E-state index in [0.29, 0.717) is 17.3 Å². The summed E-state index contributed by atoms with van der Waals surface area (Å²) >= 11 is 5.08. The van der Waals surface area contributed by atoms with Crippen LogP contribution in [0.25, 0.3) is 0 Å². The fourth-order valence-corrected chi connectivity index (χ4v) is 2.15. The molecule has 0 saturated heterocycles. The lowest BCUT2D eigenvalue weighted by atomic mass is 10.2. The highest BCUT2D eigenvalue weighted by Gasteiger charge is 2.17. The predicted molar refractivity (Wildman–Crippen MR) is 94.0 cm³/mol. The highest BCUT2D eigenvalue weighted by Crippen LogP contribution is 2.39. The van der Waals surface area contributed by atoms with Crippen LogP contribution >= 0.6 is 12.2 Å². The molecule has 0 aromatic heterocycles. The number of methoxy groups -OCH3 is 3. The SMILES string of the molecule is COC[C@H](C)NC(=S)N/N=C\c1cc(OC)c(OC(F)F)c(OC)c1. The lowest BCUT2D eigenvalue weighted by Crippen LogP contribution is -2.40. The summed E-state index contributed by atoms with van der Waals surface area (Å²) in [6, 6.07) is 2.98. The molecule has 0 aliphatic heterocycles. The Bertz CT molecular complexity index is 577. The minimum atomic E-state index is -3.00. The molecule has 25 heavy (non-hydrogen) atoms. The van der Waals surface area contributed by atoms with Gasteiger partial charge in [0.15, 0.2) is 16.6 Å². The predicted octanol–water partition coefficient (Wildman–Crippen LogP) is 2.14. The summed E-state index contributed by atoms with van der Waals surface area (Å²) in [4.78, 5) is 0. The lowest BCUT2D eigenvalue weighted by Gasteiger charge is -2.15. The van der Waals surface area contributed by atoms with Crippen molar-refractivity contribution in [2.45, 2.75) is 19.6 Å². The molecule has 0 aliphatic rings. The van der Waals surface area contributed by atoms with Crippen LogP contribution in [0, 0.1) is 0 Å². The van der Waals surface area contributed by atoms with E-state index in [2.05, 4.69) is 20.6 Å². The third-order valence-corrected chi connectivity index (χ3v) is 3.07. The molecule has 0 saturated carbocycles.